The molecule has 1 aliphatic heterocycles. The molecule has 0 saturated carbocycles. The SMILES string of the molecule is C[C@@H](C(=O)NCc1ccc(F)cc1)N1CCOCC1. The first-order valence-corrected chi connectivity index (χ1v) is 6.51. The van der Waals surface area contributed by atoms with Gasteiger partial charge in [0.2, 0.25) is 5.91 Å². The number of carbonyl (C=O) groups is 1. The average molecular weight is 266 g/mol. The fourth-order valence-electron chi connectivity index (χ4n) is 2.07. The van der Waals surface area contributed by atoms with E-state index in [0.717, 1.165) is 18.7 Å². The minimum Gasteiger partial charge on any atom is -0.379 e. The van der Waals surface area contributed by atoms with Crippen LogP contribution in [0.15, 0.2) is 24.3 Å². The highest BCUT2D eigenvalue weighted by Gasteiger charge is 2.22. The molecule has 4 nitrogen and oxygen atoms in total. The number of benzene rings is 1. The Hall–Kier alpha value is -1.46. The second-order valence-electron chi connectivity index (χ2n) is 4.67. The maximum absolute atomic E-state index is 12.8. The van der Waals surface area contributed by atoms with Gasteiger partial charge in [0.15, 0.2) is 0 Å². The third kappa shape index (κ3) is 4.01. The first kappa shape index (κ1) is 14.0. The molecule has 2 rings (SSSR count). The van der Waals surface area contributed by atoms with Gasteiger partial charge >= 0.3 is 0 Å². The summed E-state index contributed by atoms with van der Waals surface area (Å²) in [5.41, 5.74) is 0.893. The molecule has 1 heterocycles. The lowest BCUT2D eigenvalue weighted by atomic mass is 10.2. The summed E-state index contributed by atoms with van der Waals surface area (Å²) in [5, 5.41) is 2.87. The fourth-order valence-corrected chi connectivity index (χ4v) is 2.07. The zero-order chi connectivity index (χ0) is 13.7. The van der Waals surface area contributed by atoms with Crippen molar-refractivity contribution in [1.29, 1.82) is 0 Å². The van der Waals surface area contributed by atoms with E-state index < -0.39 is 0 Å². The molecule has 1 aliphatic rings. The van der Waals surface area contributed by atoms with Gasteiger partial charge in [0.25, 0.3) is 0 Å². The van der Waals surface area contributed by atoms with E-state index >= 15 is 0 Å². The van der Waals surface area contributed by atoms with Crippen molar-refractivity contribution < 1.29 is 13.9 Å². The van der Waals surface area contributed by atoms with Crippen LogP contribution in [-0.4, -0.2) is 43.2 Å². The predicted octanol–water partition coefficient (Wildman–Crippen LogP) is 1.16. The Labute approximate surface area is 112 Å². The number of rotatable bonds is 4. The summed E-state index contributed by atoms with van der Waals surface area (Å²) in [6, 6.07) is 5.98. The van der Waals surface area contributed by atoms with Crippen LogP contribution in [-0.2, 0) is 16.1 Å². The molecule has 5 heteroatoms. The highest BCUT2D eigenvalue weighted by molar-refractivity contribution is 5.81. The van der Waals surface area contributed by atoms with Crippen molar-refractivity contribution in [2.24, 2.45) is 0 Å². The van der Waals surface area contributed by atoms with Gasteiger partial charge in [-0.05, 0) is 24.6 Å². The van der Waals surface area contributed by atoms with Crippen molar-refractivity contribution in [3.8, 4) is 0 Å². The van der Waals surface area contributed by atoms with Gasteiger partial charge in [-0.15, -0.1) is 0 Å². The molecule has 1 aromatic carbocycles. The van der Waals surface area contributed by atoms with Gasteiger partial charge in [-0.3, -0.25) is 9.69 Å². The van der Waals surface area contributed by atoms with Gasteiger partial charge in [-0.1, -0.05) is 12.1 Å². The maximum Gasteiger partial charge on any atom is 0.237 e. The van der Waals surface area contributed by atoms with Gasteiger partial charge in [-0.25, -0.2) is 4.39 Å². The molecular weight excluding hydrogens is 247 g/mol. The number of halogens is 1. The minimum atomic E-state index is -0.267. The maximum atomic E-state index is 12.8. The number of hydrogen-bond acceptors (Lipinski definition) is 3. The van der Waals surface area contributed by atoms with Gasteiger partial charge < -0.3 is 10.1 Å². The van der Waals surface area contributed by atoms with Crippen LogP contribution < -0.4 is 5.32 Å². The normalized spacial score (nSPS) is 18.0. The lowest BCUT2D eigenvalue weighted by Gasteiger charge is -2.31. The summed E-state index contributed by atoms with van der Waals surface area (Å²) in [5.74, 6) is -0.275. The smallest absolute Gasteiger partial charge is 0.237 e. The topological polar surface area (TPSA) is 41.6 Å². The van der Waals surface area contributed by atoms with Crippen LogP contribution in [0.5, 0.6) is 0 Å². The molecule has 0 spiro atoms. The molecule has 1 aromatic rings. The van der Waals surface area contributed by atoms with Crippen molar-refractivity contribution in [1.82, 2.24) is 10.2 Å². The molecule has 0 unspecified atom stereocenters. The monoisotopic (exact) mass is 266 g/mol. The Morgan fingerprint density at radius 2 is 2.00 bits per heavy atom. The zero-order valence-electron chi connectivity index (χ0n) is 11.1. The van der Waals surface area contributed by atoms with E-state index in [9.17, 15) is 9.18 Å². The summed E-state index contributed by atoms with van der Waals surface area (Å²) < 4.78 is 18.0. The number of morpholine rings is 1. The Bertz CT molecular complexity index is 416. The van der Waals surface area contributed by atoms with Crippen LogP contribution in [0.25, 0.3) is 0 Å². The quantitative estimate of drug-likeness (QED) is 0.889. The van der Waals surface area contributed by atoms with Gasteiger partial charge in [0, 0.05) is 19.6 Å². The number of ether oxygens (including phenoxy) is 1. The van der Waals surface area contributed by atoms with Crippen molar-refractivity contribution >= 4 is 5.91 Å². The molecule has 0 radical (unpaired) electrons. The number of carbonyl (C=O) groups excluding carboxylic acids is 1. The average Bonchev–Trinajstić information content (AvgIpc) is 2.46. The molecular formula is C14H19FN2O2. The van der Waals surface area contributed by atoms with Crippen LogP contribution in [0.1, 0.15) is 12.5 Å². The van der Waals surface area contributed by atoms with Crippen LogP contribution >= 0.6 is 0 Å². The van der Waals surface area contributed by atoms with Crippen LogP contribution in [0, 0.1) is 5.82 Å². The minimum absolute atomic E-state index is 0.00812. The van der Waals surface area contributed by atoms with Crippen LogP contribution in [0.2, 0.25) is 0 Å². The van der Waals surface area contributed by atoms with Crippen LogP contribution in [0.3, 0.4) is 0 Å². The van der Waals surface area contributed by atoms with E-state index in [4.69, 9.17) is 4.74 Å². The first-order valence-electron chi connectivity index (χ1n) is 6.51. The van der Waals surface area contributed by atoms with E-state index in [1.807, 2.05) is 6.92 Å². The van der Waals surface area contributed by atoms with E-state index in [1.54, 1.807) is 12.1 Å². The van der Waals surface area contributed by atoms with Crippen LogP contribution in [0.4, 0.5) is 4.39 Å². The lowest BCUT2D eigenvalue weighted by Crippen LogP contribution is -2.49. The fraction of sp³-hybridized carbons (Fsp3) is 0.500. The summed E-state index contributed by atoms with van der Waals surface area (Å²) >= 11 is 0. The van der Waals surface area contributed by atoms with Crippen molar-refractivity contribution in [2.75, 3.05) is 26.3 Å². The molecule has 0 aromatic heterocycles. The summed E-state index contributed by atoms with van der Waals surface area (Å²) in [6.45, 7) is 5.24. The van der Waals surface area contributed by atoms with Gasteiger partial charge in [-0.2, -0.15) is 0 Å². The molecule has 1 amide bonds. The van der Waals surface area contributed by atoms with Gasteiger partial charge in [0.05, 0.1) is 19.3 Å². The molecule has 1 saturated heterocycles. The number of amides is 1. The first-order chi connectivity index (χ1) is 9.16. The zero-order valence-corrected chi connectivity index (χ0v) is 11.1. The molecule has 0 bridgehead atoms. The van der Waals surface area contributed by atoms with Gasteiger partial charge in [0.1, 0.15) is 5.82 Å². The van der Waals surface area contributed by atoms with E-state index in [2.05, 4.69) is 10.2 Å². The highest BCUT2D eigenvalue weighted by Crippen LogP contribution is 2.05. The molecule has 1 fully saturated rings. The Morgan fingerprint density at radius 3 is 2.63 bits per heavy atom. The van der Waals surface area contributed by atoms with Crippen molar-refractivity contribution in [3.63, 3.8) is 0 Å². The molecule has 1 atom stereocenters. The van der Waals surface area contributed by atoms with E-state index in [0.29, 0.717) is 19.8 Å². The van der Waals surface area contributed by atoms with Crippen molar-refractivity contribution in [3.05, 3.63) is 35.6 Å². The number of nitrogens with zero attached hydrogens (tertiary/aromatic N) is 1. The Kier molecular flexibility index (Phi) is 4.87. The molecule has 19 heavy (non-hydrogen) atoms. The summed E-state index contributed by atoms with van der Waals surface area (Å²) in [7, 11) is 0. The predicted molar refractivity (Wildman–Crippen MR) is 70.1 cm³/mol. The second kappa shape index (κ2) is 6.63. The number of nitrogens with one attached hydrogen (secondary N) is 1. The molecule has 104 valence electrons. The number of hydrogen-bond donors (Lipinski definition) is 1. The Morgan fingerprint density at radius 1 is 1.37 bits per heavy atom. The lowest BCUT2D eigenvalue weighted by molar-refractivity contribution is -0.127. The summed E-state index contributed by atoms with van der Waals surface area (Å²) in [4.78, 5) is 14.1. The highest BCUT2D eigenvalue weighted by atomic mass is 19.1. The Balaban J connectivity index is 1.81. The van der Waals surface area contributed by atoms with Crippen molar-refractivity contribution in [2.45, 2.75) is 19.5 Å². The third-order valence-corrected chi connectivity index (χ3v) is 3.35. The third-order valence-electron chi connectivity index (χ3n) is 3.35. The molecule has 0 aliphatic carbocycles. The second-order valence-corrected chi connectivity index (χ2v) is 4.67. The standard InChI is InChI=1S/C14H19FN2O2/c1-11(17-6-8-19-9-7-17)14(18)16-10-12-2-4-13(15)5-3-12/h2-5,11H,6-10H2,1H3,(H,16,18)/t11-/m0/s1. The summed E-state index contributed by atoms with van der Waals surface area (Å²) in [6.07, 6.45) is 0. The van der Waals surface area contributed by atoms with E-state index in [1.165, 1.54) is 12.1 Å². The molecule has 1 N–H and O–H groups in total. The largest absolute Gasteiger partial charge is 0.379 e. The van der Waals surface area contributed by atoms with E-state index in [-0.39, 0.29) is 17.8 Å².